The second kappa shape index (κ2) is 7.96. The Kier molecular flexibility index (Phi) is 5.25. The quantitative estimate of drug-likeness (QED) is 0.473. The van der Waals surface area contributed by atoms with E-state index in [1.807, 2.05) is 18.2 Å². The van der Waals surface area contributed by atoms with Crippen molar-refractivity contribution in [3.05, 3.63) is 59.4 Å². The summed E-state index contributed by atoms with van der Waals surface area (Å²) in [6.07, 6.45) is 1.40. The van der Waals surface area contributed by atoms with Gasteiger partial charge in [-0.15, -0.1) is 11.3 Å². The zero-order valence-electron chi connectivity index (χ0n) is 16.7. The third kappa shape index (κ3) is 3.79. The van der Waals surface area contributed by atoms with Crippen molar-refractivity contribution in [1.29, 1.82) is 0 Å². The summed E-state index contributed by atoms with van der Waals surface area (Å²) in [6, 6.07) is 12.5. The van der Waals surface area contributed by atoms with Gasteiger partial charge in [-0.05, 0) is 41.3 Å². The van der Waals surface area contributed by atoms with Crippen LogP contribution in [0.3, 0.4) is 0 Å². The van der Waals surface area contributed by atoms with E-state index in [1.54, 1.807) is 29.2 Å². The van der Waals surface area contributed by atoms with Crippen LogP contribution in [0.4, 0.5) is 5.82 Å². The van der Waals surface area contributed by atoms with Gasteiger partial charge in [-0.2, -0.15) is 4.31 Å². The molecule has 2 aromatic heterocycles. The molecule has 3 heterocycles. The monoisotopic (exact) mass is 487 g/mol. The summed E-state index contributed by atoms with van der Waals surface area (Å²) in [6.45, 7) is 0.707. The topological polar surface area (TPSA) is 109 Å². The summed E-state index contributed by atoms with van der Waals surface area (Å²) in [7, 11) is -3.77. The summed E-state index contributed by atoms with van der Waals surface area (Å²) >= 11 is 7.17. The first kappa shape index (κ1) is 21.1. The lowest BCUT2D eigenvalue weighted by molar-refractivity contribution is -0.134. The summed E-state index contributed by atoms with van der Waals surface area (Å²) in [4.78, 5) is 22.6. The van der Waals surface area contributed by atoms with Gasteiger partial charge in [0.25, 0.3) is 10.0 Å². The highest BCUT2D eigenvalue weighted by atomic mass is 35.5. The van der Waals surface area contributed by atoms with Gasteiger partial charge in [0.1, 0.15) is 16.4 Å². The van der Waals surface area contributed by atoms with E-state index in [0.29, 0.717) is 29.4 Å². The number of piperazine rings is 1. The van der Waals surface area contributed by atoms with Crippen molar-refractivity contribution in [2.24, 2.45) is 0 Å². The van der Waals surface area contributed by atoms with E-state index >= 15 is 0 Å². The molecule has 0 saturated carbocycles. The number of amides is 1. The fraction of sp³-hybridized carbons (Fsp3) is 0.190. The highest BCUT2D eigenvalue weighted by Crippen LogP contribution is 2.33. The maximum Gasteiger partial charge on any atom is 0.253 e. The first-order chi connectivity index (χ1) is 15.3. The van der Waals surface area contributed by atoms with Crippen LogP contribution in [0.25, 0.3) is 21.0 Å². The van der Waals surface area contributed by atoms with Crippen molar-refractivity contribution in [2.45, 2.75) is 10.8 Å². The van der Waals surface area contributed by atoms with Crippen molar-refractivity contribution in [3.63, 3.8) is 0 Å². The van der Waals surface area contributed by atoms with E-state index in [0.717, 1.165) is 32.4 Å². The van der Waals surface area contributed by atoms with Crippen LogP contribution in [-0.4, -0.2) is 53.1 Å². The summed E-state index contributed by atoms with van der Waals surface area (Å²) in [5.41, 5.74) is 7.46. The molecule has 1 fully saturated rings. The number of nitrogens with zero attached hydrogens (tertiary/aromatic N) is 4. The predicted octanol–water partition coefficient (Wildman–Crippen LogP) is 3.11. The number of anilines is 1. The molecule has 0 bridgehead atoms. The van der Waals surface area contributed by atoms with Crippen molar-refractivity contribution in [3.8, 4) is 0 Å². The third-order valence-electron chi connectivity index (χ3n) is 5.44. The van der Waals surface area contributed by atoms with Gasteiger partial charge in [0, 0.05) is 34.7 Å². The molecule has 11 heteroatoms. The largest absolute Gasteiger partial charge is 0.383 e. The van der Waals surface area contributed by atoms with Crippen LogP contribution in [-0.2, 0) is 21.4 Å². The Morgan fingerprint density at radius 3 is 2.75 bits per heavy atom. The Morgan fingerprint density at radius 2 is 1.94 bits per heavy atom. The van der Waals surface area contributed by atoms with E-state index in [-0.39, 0.29) is 23.2 Å². The number of benzene rings is 2. The zero-order valence-corrected chi connectivity index (χ0v) is 19.1. The number of carbonyl (C=O) groups excluding carboxylic acids is 1. The smallest absolute Gasteiger partial charge is 0.253 e. The van der Waals surface area contributed by atoms with E-state index in [2.05, 4.69) is 9.97 Å². The van der Waals surface area contributed by atoms with Crippen LogP contribution in [0.15, 0.2) is 53.0 Å². The molecule has 1 aliphatic heterocycles. The molecular formula is C21H18ClN5O3S2. The van der Waals surface area contributed by atoms with E-state index in [1.165, 1.54) is 10.6 Å². The molecule has 0 radical (unpaired) electrons. The Hall–Kier alpha value is -2.79. The fourth-order valence-corrected chi connectivity index (χ4v) is 6.95. The molecule has 0 aliphatic carbocycles. The lowest BCUT2D eigenvalue weighted by Crippen LogP contribution is -2.51. The number of fused-ring (bicyclic) bond motifs is 2. The number of halogens is 1. The lowest BCUT2D eigenvalue weighted by Gasteiger charge is -2.33. The summed E-state index contributed by atoms with van der Waals surface area (Å²) < 4.78 is 28.5. The minimum atomic E-state index is -3.77. The minimum Gasteiger partial charge on any atom is -0.383 e. The fourth-order valence-electron chi connectivity index (χ4n) is 3.74. The molecule has 4 aromatic rings. The number of hydrogen-bond acceptors (Lipinski definition) is 7. The number of sulfonamides is 1. The maximum absolute atomic E-state index is 13.1. The average Bonchev–Trinajstić information content (AvgIpc) is 3.19. The highest BCUT2D eigenvalue weighted by molar-refractivity contribution is 7.91. The molecule has 2 N–H and O–H groups in total. The number of carbonyl (C=O) groups is 1. The van der Waals surface area contributed by atoms with E-state index in [4.69, 9.17) is 17.3 Å². The molecule has 1 aliphatic rings. The van der Waals surface area contributed by atoms with Gasteiger partial charge >= 0.3 is 0 Å². The van der Waals surface area contributed by atoms with Crippen LogP contribution in [0.5, 0.6) is 0 Å². The SMILES string of the molecule is Nc1ncnc2cc(CN3CCN(S(=O)(=O)c4cc5ccc(Cl)cc5s4)CC3=O)ccc12. The Bertz CT molecular complexity index is 1470. The minimum absolute atomic E-state index is 0.194. The maximum atomic E-state index is 13.1. The molecule has 0 unspecified atom stereocenters. The van der Waals surface area contributed by atoms with Gasteiger partial charge in [0.2, 0.25) is 5.91 Å². The second-order valence-corrected chi connectivity index (χ2v) is 11.2. The van der Waals surface area contributed by atoms with Crippen LogP contribution >= 0.6 is 22.9 Å². The van der Waals surface area contributed by atoms with Crippen molar-refractivity contribution in [2.75, 3.05) is 25.4 Å². The molecule has 0 atom stereocenters. The van der Waals surface area contributed by atoms with Crippen molar-refractivity contribution < 1.29 is 13.2 Å². The summed E-state index contributed by atoms with van der Waals surface area (Å²) in [5.74, 6) is 0.159. The highest BCUT2D eigenvalue weighted by Gasteiger charge is 2.34. The number of thiophene rings is 1. The lowest BCUT2D eigenvalue weighted by atomic mass is 10.1. The third-order valence-corrected chi connectivity index (χ3v) is 9.07. The number of aromatic nitrogens is 2. The van der Waals surface area contributed by atoms with Gasteiger partial charge in [-0.25, -0.2) is 18.4 Å². The number of nitrogen functional groups attached to an aromatic ring is 1. The summed E-state index contributed by atoms with van der Waals surface area (Å²) in [5, 5.41) is 2.11. The molecular weight excluding hydrogens is 470 g/mol. The van der Waals surface area contributed by atoms with Crippen molar-refractivity contribution in [1.82, 2.24) is 19.2 Å². The van der Waals surface area contributed by atoms with Crippen LogP contribution in [0.2, 0.25) is 5.02 Å². The Balaban J connectivity index is 1.32. The normalized spacial score (nSPS) is 15.7. The number of nitrogens with two attached hydrogens (primary N) is 1. The number of hydrogen-bond donors (Lipinski definition) is 1. The molecule has 32 heavy (non-hydrogen) atoms. The van der Waals surface area contributed by atoms with Crippen LogP contribution < -0.4 is 5.73 Å². The zero-order chi connectivity index (χ0) is 22.5. The first-order valence-electron chi connectivity index (χ1n) is 9.77. The van der Waals surface area contributed by atoms with Gasteiger partial charge in [0.15, 0.2) is 0 Å². The predicted molar refractivity (Wildman–Crippen MR) is 125 cm³/mol. The molecule has 5 rings (SSSR count). The first-order valence-corrected chi connectivity index (χ1v) is 12.4. The van der Waals surface area contributed by atoms with Gasteiger partial charge in [0.05, 0.1) is 12.1 Å². The Morgan fingerprint density at radius 1 is 1.09 bits per heavy atom. The van der Waals surface area contributed by atoms with Gasteiger partial charge in [-0.3, -0.25) is 4.79 Å². The van der Waals surface area contributed by atoms with Crippen molar-refractivity contribution >= 4 is 65.7 Å². The van der Waals surface area contributed by atoms with Crippen LogP contribution in [0.1, 0.15) is 5.56 Å². The molecule has 1 saturated heterocycles. The standard InChI is InChI=1S/C21H18ClN5O3S2/c22-15-3-2-14-8-20(31-18(14)9-15)32(29,30)27-6-5-26(19(28)11-27)10-13-1-4-16-17(7-13)24-12-25-21(16)23/h1-4,7-9,12H,5-6,10-11H2,(H2,23,24,25). The van der Waals surface area contributed by atoms with Crippen LogP contribution in [0, 0.1) is 0 Å². The molecule has 2 aromatic carbocycles. The second-order valence-electron chi connectivity index (χ2n) is 7.51. The van der Waals surface area contributed by atoms with E-state index in [9.17, 15) is 13.2 Å². The molecule has 8 nitrogen and oxygen atoms in total. The average molecular weight is 488 g/mol. The van der Waals surface area contributed by atoms with Gasteiger partial charge in [-0.1, -0.05) is 23.7 Å². The molecule has 0 spiro atoms. The molecule has 164 valence electrons. The van der Waals surface area contributed by atoms with E-state index < -0.39 is 10.0 Å². The molecule has 1 amide bonds. The Labute approximate surface area is 193 Å². The van der Waals surface area contributed by atoms with Gasteiger partial charge < -0.3 is 10.6 Å². The number of rotatable bonds is 4.